The Balaban J connectivity index is 2.55. The molecule has 6 heteroatoms. The molecule has 1 aromatic rings. The van der Waals surface area contributed by atoms with Crippen LogP contribution in [-0.2, 0) is 14.3 Å². The van der Waals surface area contributed by atoms with Crippen LogP contribution in [-0.4, -0.2) is 12.6 Å². The standard InChI is InChI=1S/C17H13ClN2O3/c1-3-8-22-17(21)14-10(2)23-16(20)13(9-19)15(14)11-4-6-12(18)7-5-11/h1,4-7,15H,8,20H2,2H3. The first-order valence-corrected chi connectivity index (χ1v) is 7.01. The van der Waals surface area contributed by atoms with Crippen LogP contribution in [0.15, 0.2) is 47.1 Å². The second-order valence-corrected chi connectivity index (χ2v) is 5.16. The molecule has 5 nitrogen and oxygen atoms in total. The van der Waals surface area contributed by atoms with E-state index in [0.717, 1.165) is 0 Å². The summed E-state index contributed by atoms with van der Waals surface area (Å²) in [6.45, 7) is 1.40. The Labute approximate surface area is 138 Å². The van der Waals surface area contributed by atoms with Gasteiger partial charge in [0.05, 0.1) is 11.5 Å². The summed E-state index contributed by atoms with van der Waals surface area (Å²) in [4.78, 5) is 12.3. The lowest BCUT2D eigenvalue weighted by Crippen LogP contribution is -2.25. The maximum absolute atomic E-state index is 12.3. The predicted octanol–water partition coefficient (Wildman–Crippen LogP) is 2.60. The van der Waals surface area contributed by atoms with Crippen LogP contribution in [0.3, 0.4) is 0 Å². The molecule has 1 aliphatic heterocycles. The zero-order valence-electron chi connectivity index (χ0n) is 12.3. The average molecular weight is 329 g/mol. The first-order chi connectivity index (χ1) is 11.0. The average Bonchev–Trinajstić information content (AvgIpc) is 2.52. The van der Waals surface area contributed by atoms with Gasteiger partial charge in [-0.3, -0.25) is 0 Å². The second kappa shape index (κ2) is 6.91. The Morgan fingerprint density at radius 3 is 2.70 bits per heavy atom. The van der Waals surface area contributed by atoms with Crippen molar-refractivity contribution in [2.45, 2.75) is 12.8 Å². The molecule has 1 atom stereocenters. The first-order valence-electron chi connectivity index (χ1n) is 6.64. The number of allylic oxidation sites excluding steroid dienone is 2. The Kier molecular flexibility index (Phi) is 4.95. The molecule has 0 radical (unpaired) electrons. The number of nitriles is 1. The summed E-state index contributed by atoms with van der Waals surface area (Å²) in [5.74, 6) is 1.10. The van der Waals surface area contributed by atoms with E-state index in [-0.39, 0.29) is 29.4 Å². The van der Waals surface area contributed by atoms with Crippen molar-refractivity contribution in [2.75, 3.05) is 6.61 Å². The highest BCUT2D eigenvalue weighted by atomic mass is 35.5. The number of carbonyl (C=O) groups is 1. The van der Waals surface area contributed by atoms with Crippen LogP contribution in [0, 0.1) is 23.7 Å². The molecular formula is C17H13ClN2O3. The summed E-state index contributed by atoms with van der Waals surface area (Å²) in [7, 11) is 0. The van der Waals surface area contributed by atoms with Gasteiger partial charge in [0.1, 0.15) is 17.4 Å². The van der Waals surface area contributed by atoms with Crippen LogP contribution in [0.2, 0.25) is 5.02 Å². The zero-order valence-corrected chi connectivity index (χ0v) is 13.1. The van der Waals surface area contributed by atoms with Crippen molar-refractivity contribution in [3.63, 3.8) is 0 Å². The SMILES string of the molecule is C#CCOC(=O)C1=C(C)OC(N)=C(C#N)C1c1ccc(Cl)cc1. The fourth-order valence-corrected chi connectivity index (χ4v) is 2.45. The molecule has 0 aromatic heterocycles. The molecule has 1 heterocycles. The van der Waals surface area contributed by atoms with Gasteiger partial charge in [0.15, 0.2) is 6.61 Å². The van der Waals surface area contributed by atoms with Crippen molar-refractivity contribution in [1.29, 1.82) is 5.26 Å². The topological polar surface area (TPSA) is 85.3 Å². The van der Waals surface area contributed by atoms with Gasteiger partial charge in [0.25, 0.3) is 0 Å². The third kappa shape index (κ3) is 3.31. The Morgan fingerprint density at radius 2 is 2.13 bits per heavy atom. The highest BCUT2D eigenvalue weighted by Gasteiger charge is 2.36. The minimum absolute atomic E-state index is 0.0431. The molecular weight excluding hydrogens is 316 g/mol. The number of rotatable bonds is 3. The van der Waals surface area contributed by atoms with Crippen molar-refractivity contribution in [1.82, 2.24) is 0 Å². The van der Waals surface area contributed by atoms with Crippen molar-refractivity contribution >= 4 is 17.6 Å². The number of hydrogen-bond donors (Lipinski definition) is 1. The van der Waals surface area contributed by atoms with Gasteiger partial charge < -0.3 is 15.2 Å². The summed E-state index contributed by atoms with van der Waals surface area (Å²) in [5, 5.41) is 9.94. The van der Waals surface area contributed by atoms with Crippen molar-refractivity contribution in [3.05, 3.63) is 57.6 Å². The van der Waals surface area contributed by atoms with Crippen molar-refractivity contribution in [2.24, 2.45) is 5.73 Å². The molecule has 0 bridgehead atoms. The minimum Gasteiger partial charge on any atom is -0.449 e. The number of nitrogens with zero attached hydrogens (tertiary/aromatic N) is 1. The number of terminal acetylenes is 1. The van der Waals surface area contributed by atoms with Crippen LogP contribution in [0.4, 0.5) is 0 Å². The smallest absolute Gasteiger partial charge is 0.339 e. The molecule has 0 amide bonds. The van der Waals surface area contributed by atoms with Gasteiger partial charge in [-0.25, -0.2) is 4.79 Å². The van der Waals surface area contributed by atoms with E-state index in [2.05, 4.69) is 5.92 Å². The molecule has 0 saturated heterocycles. The van der Waals surface area contributed by atoms with E-state index in [9.17, 15) is 10.1 Å². The highest BCUT2D eigenvalue weighted by molar-refractivity contribution is 6.30. The van der Waals surface area contributed by atoms with E-state index in [1.807, 2.05) is 6.07 Å². The van der Waals surface area contributed by atoms with Crippen molar-refractivity contribution < 1.29 is 14.3 Å². The Hall–Kier alpha value is -2.89. The van der Waals surface area contributed by atoms with Gasteiger partial charge in [0, 0.05) is 5.02 Å². The zero-order chi connectivity index (χ0) is 17.0. The molecule has 23 heavy (non-hydrogen) atoms. The normalized spacial score (nSPS) is 17.1. The van der Waals surface area contributed by atoms with E-state index in [1.165, 1.54) is 0 Å². The van der Waals surface area contributed by atoms with Gasteiger partial charge in [-0.1, -0.05) is 29.7 Å². The van der Waals surface area contributed by atoms with Gasteiger partial charge >= 0.3 is 5.97 Å². The van der Waals surface area contributed by atoms with E-state index in [1.54, 1.807) is 31.2 Å². The van der Waals surface area contributed by atoms with Crippen LogP contribution in [0.25, 0.3) is 0 Å². The minimum atomic E-state index is -0.698. The Bertz CT molecular complexity index is 780. The summed E-state index contributed by atoms with van der Waals surface area (Å²) in [6, 6.07) is 8.75. The molecule has 0 saturated carbocycles. The lowest BCUT2D eigenvalue weighted by molar-refractivity contribution is -0.138. The van der Waals surface area contributed by atoms with E-state index < -0.39 is 11.9 Å². The third-order valence-corrected chi connectivity index (χ3v) is 3.57. The van der Waals surface area contributed by atoms with E-state index in [4.69, 9.17) is 33.2 Å². The largest absolute Gasteiger partial charge is 0.449 e. The van der Waals surface area contributed by atoms with Gasteiger partial charge in [-0.15, -0.1) is 6.42 Å². The molecule has 1 aromatic carbocycles. The van der Waals surface area contributed by atoms with Gasteiger partial charge in [0.2, 0.25) is 5.88 Å². The van der Waals surface area contributed by atoms with E-state index >= 15 is 0 Å². The number of ether oxygens (including phenoxy) is 2. The van der Waals surface area contributed by atoms with Crippen LogP contribution >= 0.6 is 11.6 Å². The molecule has 116 valence electrons. The molecule has 0 spiro atoms. The summed E-state index contributed by atoms with van der Waals surface area (Å²) in [6.07, 6.45) is 5.11. The number of nitrogens with two attached hydrogens (primary N) is 1. The predicted molar refractivity (Wildman–Crippen MR) is 84.6 cm³/mol. The first kappa shape index (κ1) is 16.5. The van der Waals surface area contributed by atoms with Crippen LogP contribution in [0.5, 0.6) is 0 Å². The summed E-state index contributed by atoms with van der Waals surface area (Å²) >= 11 is 5.89. The molecule has 2 rings (SSSR count). The molecule has 1 aliphatic rings. The summed E-state index contributed by atoms with van der Waals surface area (Å²) in [5.41, 5.74) is 6.78. The number of hydrogen-bond acceptors (Lipinski definition) is 5. The highest BCUT2D eigenvalue weighted by Crippen LogP contribution is 2.39. The number of halogens is 1. The summed E-state index contributed by atoms with van der Waals surface area (Å²) < 4.78 is 10.3. The fourth-order valence-electron chi connectivity index (χ4n) is 2.32. The Morgan fingerprint density at radius 1 is 1.48 bits per heavy atom. The fraction of sp³-hybridized carbons (Fsp3) is 0.176. The quantitative estimate of drug-likeness (QED) is 0.681. The maximum Gasteiger partial charge on any atom is 0.339 e. The third-order valence-electron chi connectivity index (χ3n) is 3.32. The number of carbonyl (C=O) groups excluding carboxylic acids is 1. The number of esters is 1. The lowest BCUT2D eigenvalue weighted by Gasteiger charge is -2.26. The monoisotopic (exact) mass is 328 g/mol. The number of benzene rings is 1. The van der Waals surface area contributed by atoms with Crippen molar-refractivity contribution in [3.8, 4) is 18.4 Å². The van der Waals surface area contributed by atoms with E-state index in [0.29, 0.717) is 10.6 Å². The molecule has 0 fully saturated rings. The maximum atomic E-state index is 12.3. The lowest BCUT2D eigenvalue weighted by atomic mass is 9.83. The van der Waals surface area contributed by atoms with Crippen LogP contribution < -0.4 is 5.73 Å². The molecule has 0 aliphatic carbocycles. The molecule has 1 unspecified atom stereocenters. The molecule has 2 N–H and O–H groups in total. The van der Waals surface area contributed by atoms with Gasteiger partial charge in [-0.2, -0.15) is 5.26 Å². The second-order valence-electron chi connectivity index (χ2n) is 4.73. The van der Waals surface area contributed by atoms with Gasteiger partial charge in [-0.05, 0) is 24.6 Å². The van der Waals surface area contributed by atoms with Crippen LogP contribution in [0.1, 0.15) is 18.4 Å².